The minimum Gasteiger partial charge on any atom is -0.324 e. The molecule has 1 aliphatic rings. The number of nitrogens with zero attached hydrogens (tertiary/aromatic N) is 2. The Bertz CT molecular complexity index is 590. The third kappa shape index (κ3) is 4.40. The SMILES string of the molecule is CC(C)(N)CN1CCN(S(=O)(=O)c2cccc(Cl)c2)CC1. The van der Waals surface area contributed by atoms with E-state index in [-0.39, 0.29) is 10.4 Å². The average Bonchev–Trinajstić information content (AvgIpc) is 2.37. The first-order chi connectivity index (χ1) is 9.68. The smallest absolute Gasteiger partial charge is 0.243 e. The fraction of sp³-hybridized carbons (Fsp3) is 0.571. The Labute approximate surface area is 131 Å². The molecule has 2 rings (SSSR count). The average molecular weight is 332 g/mol. The van der Waals surface area contributed by atoms with Crippen LogP contribution in [0.4, 0.5) is 0 Å². The number of sulfonamides is 1. The Morgan fingerprint density at radius 3 is 2.38 bits per heavy atom. The summed E-state index contributed by atoms with van der Waals surface area (Å²) in [6.45, 7) is 7.05. The van der Waals surface area contributed by atoms with Gasteiger partial charge >= 0.3 is 0 Å². The molecule has 0 aromatic heterocycles. The van der Waals surface area contributed by atoms with Crippen molar-refractivity contribution in [1.29, 1.82) is 0 Å². The summed E-state index contributed by atoms with van der Waals surface area (Å²) in [4.78, 5) is 2.45. The maximum absolute atomic E-state index is 12.6. The fourth-order valence-corrected chi connectivity index (χ4v) is 4.20. The van der Waals surface area contributed by atoms with E-state index < -0.39 is 10.0 Å². The van der Waals surface area contributed by atoms with E-state index in [1.165, 1.54) is 10.4 Å². The van der Waals surface area contributed by atoms with Crippen molar-refractivity contribution in [2.75, 3.05) is 32.7 Å². The van der Waals surface area contributed by atoms with E-state index >= 15 is 0 Å². The standard InChI is InChI=1S/C14H22ClN3O2S/c1-14(2,16)11-17-6-8-18(9-7-17)21(19,20)13-5-3-4-12(15)10-13/h3-5,10H,6-9,11,16H2,1-2H3. The Balaban J connectivity index is 2.05. The van der Waals surface area contributed by atoms with Gasteiger partial charge < -0.3 is 5.73 Å². The van der Waals surface area contributed by atoms with Gasteiger partial charge in [-0.15, -0.1) is 0 Å². The van der Waals surface area contributed by atoms with Crippen molar-refractivity contribution in [3.8, 4) is 0 Å². The predicted molar refractivity (Wildman–Crippen MR) is 84.9 cm³/mol. The molecule has 5 nitrogen and oxygen atoms in total. The first-order valence-electron chi connectivity index (χ1n) is 6.95. The molecule has 1 saturated heterocycles. The first-order valence-corrected chi connectivity index (χ1v) is 8.77. The molecule has 0 atom stereocenters. The molecule has 0 saturated carbocycles. The molecule has 1 fully saturated rings. The summed E-state index contributed by atoms with van der Waals surface area (Å²) in [5.41, 5.74) is 5.74. The Hall–Kier alpha value is -0.660. The van der Waals surface area contributed by atoms with Crippen LogP contribution in [-0.2, 0) is 10.0 Å². The van der Waals surface area contributed by atoms with Crippen molar-refractivity contribution in [3.63, 3.8) is 0 Å². The van der Waals surface area contributed by atoms with Gasteiger partial charge in [0.15, 0.2) is 0 Å². The summed E-state index contributed by atoms with van der Waals surface area (Å²) in [6.07, 6.45) is 0. The Morgan fingerprint density at radius 2 is 1.86 bits per heavy atom. The lowest BCUT2D eigenvalue weighted by atomic mass is 10.1. The van der Waals surface area contributed by atoms with Gasteiger partial charge in [0.2, 0.25) is 10.0 Å². The van der Waals surface area contributed by atoms with Gasteiger partial charge in [0.25, 0.3) is 0 Å². The minimum absolute atomic E-state index is 0.252. The van der Waals surface area contributed by atoms with E-state index in [1.807, 2.05) is 13.8 Å². The molecule has 0 radical (unpaired) electrons. The van der Waals surface area contributed by atoms with Crippen LogP contribution < -0.4 is 5.73 Å². The zero-order valence-corrected chi connectivity index (χ0v) is 14.0. The van der Waals surface area contributed by atoms with Crippen LogP contribution in [0.1, 0.15) is 13.8 Å². The predicted octanol–water partition coefficient (Wildman–Crippen LogP) is 1.38. The zero-order valence-electron chi connectivity index (χ0n) is 12.4. The highest BCUT2D eigenvalue weighted by molar-refractivity contribution is 7.89. The summed E-state index contributed by atoms with van der Waals surface area (Å²) in [5.74, 6) is 0. The zero-order chi connectivity index (χ0) is 15.7. The van der Waals surface area contributed by atoms with Gasteiger partial charge in [0, 0.05) is 43.3 Å². The quantitative estimate of drug-likeness (QED) is 0.905. The van der Waals surface area contributed by atoms with Crippen molar-refractivity contribution in [3.05, 3.63) is 29.3 Å². The fourth-order valence-electron chi connectivity index (χ4n) is 2.48. The Kier molecular flexibility index (Phi) is 4.95. The van der Waals surface area contributed by atoms with Gasteiger partial charge in [0.1, 0.15) is 0 Å². The van der Waals surface area contributed by atoms with Crippen molar-refractivity contribution in [2.24, 2.45) is 5.73 Å². The molecule has 1 aromatic carbocycles. The van der Waals surface area contributed by atoms with Gasteiger partial charge in [0.05, 0.1) is 4.90 Å². The number of piperazine rings is 1. The third-order valence-corrected chi connectivity index (χ3v) is 5.53. The number of hydrogen-bond acceptors (Lipinski definition) is 4. The lowest BCUT2D eigenvalue weighted by Gasteiger charge is -2.37. The highest BCUT2D eigenvalue weighted by Crippen LogP contribution is 2.21. The van der Waals surface area contributed by atoms with E-state index in [9.17, 15) is 8.42 Å². The van der Waals surface area contributed by atoms with Gasteiger partial charge in [-0.1, -0.05) is 17.7 Å². The normalized spacial score (nSPS) is 18.9. The molecule has 7 heteroatoms. The highest BCUT2D eigenvalue weighted by atomic mass is 35.5. The second-order valence-electron chi connectivity index (χ2n) is 6.13. The summed E-state index contributed by atoms with van der Waals surface area (Å²) in [6, 6.07) is 6.40. The molecule has 1 aliphatic heterocycles. The van der Waals surface area contributed by atoms with Crippen molar-refractivity contribution in [2.45, 2.75) is 24.3 Å². The van der Waals surface area contributed by atoms with Crippen molar-refractivity contribution >= 4 is 21.6 Å². The molecule has 0 amide bonds. The summed E-state index contributed by atoms with van der Waals surface area (Å²) >= 11 is 5.88. The number of halogens is 1. The second-order valence-corrected chi connectivity index (χ2v) is 8.50. The minimum atomic E-state index is -3.46. The van der Waals surface area contributed by atoms with Crippen LogP contribution in [0.3, 0.4) is 0 Å². The Morgan fingerprint density at radius 1 is 1.24 bits per heavy atom. The highest BCUT2D eigenvalue weighted by Gasteiger charge is 2.29. The molecule has 0 bridgehead atoms. The molecule has 1 aromatic rings. The molecular formula is C14H22ClN3O2S. The molecule has 0 spiro atoms. The lowest BCUT2D eigenvalue weighted by Crippen LogP contribution is -2.53. The summed E-state index contributed by atoms with van der Waals surface area (Å²) in [7, 11) is -3.46. The van der Waals surface area contributed by atoms with Crippen LogP contribution in [0.15, 0.2) is 29.2 Å². The van der Waals surface area contributed by atoms with Crippen molar-refractivity contribution < 1.29 is 8.42 Å². The largest absolute Gasteiger partial charge is 0.324 e. The maximum atomic E-state index is 12.6. The number of nitrogens with two attached hydrogens (primary N) is 1. The number of rotatable bonds is 4. The lowest BCUT2D eigenvalue weighted by molar-refractivity contribution is 0.162. The molecule has 0 unspecified atom stereocenters. The van der Waals surface area contributed by atoms with Gasteiger partial charge in [-0.25, -0.2) is 8.42 Å². The van der Waals surface area contributed by atoms with Crippen LogP contribution in [0.5, 0.6) is 0 Å². The van der Waals surface area contributed by atoms with Crippen LogP contribution >= 0.6 is 11.6 Å². The van der Waals surface area contributed by atoms with E-state index in [1.54, 1.807) is 18.2 Å². The van der Waals surface area contributed by atoms with Crippen LogP contribution in [0.25, 0.3) is 0 Å². The van der Waals surface area contributed by atoms with Crippen LogP contribution in [0, 0.1) is 0 Å². The molecule has 118 valence electrons. The topological polar surface area (TPSA) is 66.6 Å². The van der Waals surface area contributed by atoms with Crippen molar-refractivity contribution in [1.82, 2.24) is 9.21 Å². The van der Waals surface area contributed by atoms with Crippen LogP contribution in [0.2, 0.25) is 5.02 Å². The van der Waals surface area contributed by atoms with E-state index in [2.05, 4.69) is 4.90 Å². The molecule has 2 N–H and O–H groups in total. The van der Waals surface area contributed by atoms with Gasteiger partial charge in [-0.05, 0) is 32.0 Å². The monoisotopic (exact) mass is 331 g/mol. The summed E-state index contributed by atoms with van der Waals surface area (Å²) in [5, 5.41) is 0.430. The molecular weight excluding hydrogens is 310 g/mol. The molecule has 21 heavy (non-hydrogen) atoms. The first kappa shape index (κ1) is 16.7. The number of hydrogen-bond donors (Lipinski definition) is 1. The second kappa shape index (κ2) is 6.22. The van der Waals surface area contributed by atoms with Crippen LogP contribution in [-0.4, -0.2) is 55.9 Å². The molecule has 1 heterocycles. The molecule has 0 aliphatic carbocycles. The third-order valence-electron chi connectivity index (χ3n) is 3.40. The van der Waals surface area contributed by atoms with E-state index in [4.69, 9.17) is 17.3 Å². The number of benzene rings is 1. The maximum Gasteiger partial charge on any atom is 0.243 e. The van der Waals surface area contributed by atoms with Gasteiger partial charge in [-0.2, -0.15) is 4.31 Å². The van der Waals surface area contributed by atoms with Gasteiger partial charge in [-0.3, -0.25) is 4.90 Å². The van der Waals surface area contributed by atoms with E-state index in [0.717, 1.165) is 6.54 Å². The summed E-state index contributed by atoms with van der Waals surface area (Å²) < 4.78 is 26.6. The van der Waals surface area contributed by atoms with E-state index in [0.29, 0.717) is 31.2 Å².